The van der Waals surface area contributed by atoms with Crippen LogP contribution in [0.5, 0.6) is 0 Å². The van der Waals surface area contributed by atoms with E-state index in [-0.39, 0.29) is 0 Å². The predicted octanol–water partition coefficient (Wildman–Crippen LogP) is 3.56. The number of nitrogens with one attached hydrogen (secondary N) is 1. The van der Waals surface area contributed by atoms with Crippen molar-refractivity contribution in [1.82, 2.24) is 10.2 Å². The summed E-state index contributed by atoms with van der Waals surface area (Å²) in [6, 6.07) is 7.46. The molecule has 0 aliphatic heterocycles. The van der Waals surface area contributed by atoms with Gasteiger partial charge in [0.2, 0.25) is 0 Å². The van der Waals surface area contributed by atoms with Crippen molar-refractivity contribution in [3.8, 4) is 0 Å². The molecule has 118 valence electrons. The lowest BCUT2D eigenvalue weighted by Crippen LogP contribution is -2.24. The van der Waals surface area contributed by atoms with Gasteiger partial charge >= 0.3 is 0 Å². The summed E-state index contributed by atoms with van der Waals surface area (Å²) < 4.78 is 6.80. The molecule has 0 aromatic heterocycles. The Balaban J connectivity index is 1.78. The molecule has 0 atom stereocenters. The molecule has 3 nitrogen and oxygen atoms in total. The molecular weight excluding hydrogens is 328 g/mol. The van der Waals surface area contributed by atoms with E-state index in [2.05, 4.69) is 65.2 Å². The molecule has 1 saturated carbocycles. The summed E-state index contributed by atoms with van der Waals surface area (Å²) in [4.78, 5) is 2.30. The summed E-state index contributed by atoms with van der Waals surface area (Å²) in [7, 11) is 2.14. The zero-order chi connectivity index (χ0) is 15.2. The number of likely N-dealkylation sites (N-methyl/N-ethyl adjacent to an activating group) is 1. The van der Waals surface area contributed by atoms with Gasteiger partial charge < -0.3 is 10.1 Å². The molecule has 0 heterocycles. The molecule has 1 fully saturated rings. The second kappa shape index (κ2) is 8.28. The Morgan fingerprint density at radius 2 is 2.14 bits per heavy atom. The zero-order valence-electron chi connectivity index (χ0n) is 13.4. The number of rotatable bonds is 9. The van der Waals surface area contributed by atoms with Gasteiger partial charge in [0, 0.05) is 30.1 Å². The standard InChI is InChI=1S/C17H27BrN2O/c1-13(2)21-9-8-20(3)12-15-5-4-14(10-17(15)18)11-19-16-6-7-16/h4-5,10,13,16,19H,6-9,11-12H2,1-3H3. The van der Waals surface area contributed by atoms with E-state index in [4.69, 9.17) is 4.74 Å². The highest BCUT2D eigenvalue weighted by molar-refractivity contribution is 9.10. The number of hydrogen-bond donors (Lipinski definition) is 1. The van der Waals surface area contributed by atoms with Gasteiger partial charge in [0.1, 0.15) is 0 Å². The number of hydrogen-bond acceptors (Lipinski definition) is 3. The summed E-state index contributed by atoms with van der Waals surface area (Å²) in [6.45, 7) is 7.81. The Bertz CT molecular complexity index is 446. The Hall–Kier alpha value is -0.420. The van der Waals surface area contributed by atoms with Crippen molar-refractivity contribution in [2.45, 2.75) is 51.9 Å². The van der Waals surface area contributed by atoms with Crippen LogP contribution in [0.1, 0.15) is 37.8 Å². The van der Waals surface area contributed by atoms with Gasteiger partial charge in [-0.25, -0.2) is 0 Å². The first-order valence-corrected chi connectivity index (χ1v) is 8.64. The number of nitrogens with zero attached hydrogens (tertiary/aromatic N) is 1. The summed E-state index contributed by atoms with van der Waals surface area (Å²) >= 11 is 3.70. The van der Waals surface area contributed by atoms with Crippen molar-refractivity contribution in [1.29, 1.82) is 0 Å². The summed E-state index contributed by atoms with van der Waals surface area (Å²) in [5, 5.41) is 3.55. The average molecular weight is 355 g/mol. The first-order chi connectivity index (χ1) is 10.0. The van der Waals surface area contributed by atoms with Crippen LogP contribution >= 0.6 is 15.9 Å². The third kappa shape index (κ3) is 6.47. The van der Waals surface area contributed by atoms with Crippen LogP contribution < -0.4 is 5.32 Å². The lowest BCUT2D eigenvalue weighted by Gasteiger charge is -2.19. The van der Waals surface area contributed by atoms with E-state index in [1.54, 1.807) is 0 Å². The highest BCUT2D eigenvalue weighted by Crippen LogP contribution is 2.22. The molecule has 1 aromatic rings. The molecule has 0 amide bonds. The maximum atomic E-state index is 5.60. The van der Waals surface area contributed by atoms with Crippen LogP contribution in [0.3, 0.4) is 0 Å². The molecule has 0 bridgehead atoms. The first kappa shape index (κ1) is 16.9. The van der Waals surface area contributed by atoms with E-state index < -0.39 is 0 Å². The highest BCUT2D eigenvalue weighted by atomic mass is 79.9. The topological polar surface area (TPSA) is 24.5 Å². The van der Waals surface area contributed by atoms with Crippen LogP contribution in [0, 0.1) is 0 Å². The molecule has 0 spiro atoms. The van der Waals surface area contributed by atoms with Gasteiger partial charge in [-0.3, -0.25) is 4.90 Å². The predicted molar refractivity (Wildman–Crippen MR) is 91.4 cm³/mol. The molecule has 21 heavy (non-hydrogen) atoms. The van der Waals surface area contributed by atoms with Crippen LogP contribution in [0.25, 0.3) is 0 Å². The van der Waals surface area contributed by atoms with Crippen LogP contribution in [0.15, 0.2) is 22.7 Å². The van der Waals surface area contributed by atoms with E-state index in [0.29, 0.717) is 6.10 Å². The van der Waals surface area contributed by atoms with E-state index in [9.17, 15) is 0 Å². The van der Waals surface area contributed by atoms with E-state index in [1.165, 1.54) is 28.4 Å². The lowest BCUT2D eigenvalue weighted by atomic mass is 10.1. The molecule has 1 aromatic carbocycles. The monoisotopic (exact) mass is 354 g/mol. The summed E-state index contributed by atoms with van der Waals surface area (Å²) in [5.41, 5.74) is 2.68. The van der Waals surface area contributed by atoms with Crippen molar-refractivity contribution in [3.05, 3.63) is 33.8 Å². The summed E-state index contributed by atoms with van der Waals surface area (Å²) in [6.07, 6.45) is 2.98. The van der Waals surface area contributed by atoms with Gasteiger partial charge in [0.15, 0.2) is 0 Å². The quantitative estimate of drug-likeness (QED) is 0.733. The van der Waals surface area contributed by atoms with Crippen LogP contribution in [0.4, 0.5) is 0 Å². The average Bonchev–Trinajstić information content (AvgIpc) is 3.23. The van der Waals surface area contributed by atoms with Crippen molar-refractivity contribution in [2.75, 3.05) is 20.2 Å². The fourth-order valence-corrected chi connectivity index (χ4v) is 2.74. The molecule has 1 aliphatic rings. The van der Waals surface area contributed by atoms with Crippen molar-refractivity contribution in [2.24, 2.45) is 0 Å². The van der Waals surface area contributed by atoms with Crippen LogP contribution in [0.2, 0.25) is 0 Å². The molecule has 0 saturated heterocycles. The molecule has 0 radical (unpaired) electrons. The third-order valence-electron chi connectivity index (χ3n) is 3.65. The van der Waals surface area contributed by atoms with Gasteiger partial charge in [-0.1, -0.05) is 28.1 Å². The maximum absolute atomic E-state index is 5.60. The van der Waals surface area contributed by atoms with Crippen LogP contribution in [-0.2, 0) is 17.8 Å². The van der Waals surface area contributed by atoms with Gasteiger partial charge in [0.25, 0.3) is 0 Å². The molecule has 2 rings (SSSR count). The minimum Gasteiger partial charge on any atom is -0.377 e. The normalized spacial score (nSPS) is 15.1. The number of halogens is 1. The van der Waals surface area contributed by atoms with Gasteiger partial charge in [0.05, 0.1) is 12.7 Å². The SMILES string of the molecule is CC(C)OCCN(C)Cc1ccc(CNC2CC2)cc1Br. The Labute approximate surface area is 137 Å². The van der Waals surface area contributed by atoms with E-state index in [1.807, 2.05) is 0 Å². The van der Waals surface area contributed by atoms with Crippen molar-refractivity contribution >= 4 is 15.9 Å². The Kier molecular flexibility index (Phi) is 6.68. The highest BCUT2D eigenvalue weighted by Gasteiger charge is 2.19. The van der Waals surface area contributed by atoms with E-state index in [0.717, 1.165) is 32.3 Å². The molecule has 1 aliphatic carbocycles. The Morgan fingerprint density at radius 1 is 1.38 bits per heavy atom. The van der Waals surface area contributed by atoms with Crippen LogP contribution in [-0.4, -0.2) is 37.2 Å². The van der Waals surface area contributed by atoms with Gasteiger partial charge in [-0.15, -0.1) is 0 Å². The summed E-state index contributed by atoms with van der Waals surface area (Å²) in [5.74, 6) is 0. The lowest BCUT2D eigenvalue weighted by molar-refractivity contribution is 0.0627. The molecular formula is C17H27BrN2O. The second-order valence-electron chi connectivity index (χ2n) is 6.24. The first-order valence-electron chi connectivity index (χ1n) is 7.85. The largest absolute Gasteiger partial charge is 0.377 e. The molecule has 1 N–H and O–H groups in total. The van der Waals surface area contributed by atoms with E-state index >= 15 is 0 Å². The second-order valence-corrected chi connectivity index (χ2v) is 7.09. The fraction of sp³-hybridized carbons (Fsp3) is 0.647. The zero-order valence-corrected chi connectivity index (χ0v) is 14.9. The fourth-order valence-electron chi connectivity index (χ4n) is 2.19. The van der Waals surface area contributed by atoms with Gasteiger partial charge in [-0.2, -0.15) is 0 Å². The molecule has 4 heteroatoms. The maximum Gasteiger partial charge on any atom is 0.0596 e. The smallest absolute Gasteiger partial charge is 0.0596 e. The minimum atomic E-state index is 0.309. The number of benzene rings is 1. The third-order valence-corrected chi connectivity index (χ3v) is 4.39. The van der Waals surface area contributed by atoms with Crippen molar-refractivity contribution in [3.63, 3.8) is 0 Å². The Morgan fingerprint density at radius 3 is 2.76 bits per heavy atom. The van der Waals surface area contributed by atoms with Gasteiger partial charge in [-0.05, 0) is 50.9 Å². The molecule has 0 unspecified atom stereocenters. The van der Waals surface area contributed by atoms with Crippen molar-refractivity contribution < 1.29 is 4.74 Å². The minimum absolute atomic E-state index is 0.309. The number of ether oxygens (including phenoxy) is 1.